The molecule has 1 aromatic rings. The Labute approximate surface area is 78.0 Å². The Hall–Kier alpha value is -1.44. The van der Waals surface area contributed by atoms with Gasteiger partial charge in [0.05, 0.1) is 0 Å². The van der Waals surface area contributed by atoms with E-state index in [1.165, 1.54) is 5.56 Å². The zero-order chi connectivity index (χ0) is 9.26. The molecule has 0 saturated carbocycles. The van der Waals surface area contributed by atoms with E-state index in [4.69, 9.17) is 0 Å². The molecule has 0 unspecified atom stereocenters. The summed E-state index contributed by atoms with van der Waals surface area (Å²) < 4.78 is 0. The summed E-state index contributed by atoms with van der Waals surface area (Å²) >= 11 is 0. The lowest BCUT2D eigenvalue weighted by molar-refractivity contribution is 0.835. The van der Waals surface area contributed by atoms with Crippen LogP contribution in [0.15, 0.2) is 34.3 Å². The first kappa shape index (κ1) is 8.17. The second-order valence-electron chi connectivity index (χ2n) is 3.39. The largest absolute Gasteiger partial charge is 0.263 e. The Kier molecular flexibility index (Phi) is 1.97. The summed E-state index contributed by atoms with van der Waals surface area (Å²) in [7, 11) is 0. The van der Waals surface area contributed by atoms with Crippen LogP contribution < -0.4 is 0 Å². The third-order valence-corrected chi connectivity index (χ3v) is 1.91. The molecule has 1 heterocycles. The number of hydrogen-bond acceptors (Lipinski definition) is 1. The van der Waals surface area contributed by atoms with E-state index in [9.17, 15) is 0 Å². The lowest BCUT2D eigenvalue weighted by Crippen LogP contribution is -1.99. The summed E-state index contributed by atoms with van der Waals surface area (Å²) in [4.78, 5) is 8.71. The summed E-state index contributed by atoms with van der Waals surface area (Å²) in [6.07, 6.45) is 1.87. The Morgan fingerprint density at radius 1 is 1.23 bits per heavy atom. The third-order valence-electron chi connectivity index (χ3n) is 1.91. The zero-order valence-electron chi connectivity index (χ0n) is 7.86. The van der Waals surface area contributed by atoms with Gasteiger partial charge in [-0.3, -0.25) is 4.99 Å². The molecule has 0 amide bonds. The van der Waals surface area contributed by atoms with Gasteiger partial charge in [0.1, 0.15) is 0 Å². The molecule has 2 rings (SSSR count). The van der Waals surface area contributed by atoms with Crippen molar-refractivity contribution in [3.05, 3.63) is 35.4 Å². The van der Waals surface area contributed by atoms with Gasteiger partial charge in [-0.1, -0.05) is 24.3 Å². The van der Waals surface area contributed by atoms with E-state index in [2.05, 4.69) is 36.0 Å². The van der Waals surface area contributed by atoms with Crippen LogP contribution in [0.2, 0.25) is 0 Å². The van der Waals surface area contributed by atoms with Gasteiger partial charge in [-0.15, -0.1) is 0 Å². The summed E-state index contributed by atoms with van der Waals surface area (Å²) in [5.74, 6) is 0.866. The van der Waals surface area contributed by atoms with Gasteiger partial charge in [-0.2, -0.15) is 0 Å². The number of amidine groups is 1. The van der Waals surface area contributed by atoms with Gasteiger partial charge in [0, 0.05) is 23.4 Å². The molecular weight excluding hydrogens is 160 g/mol. The Morgan fingerprint density at radius 3 is 2.77 bits per heavy atom. The van der Waals surface area contributed by atoms with Crippen molar-refractivity contribution < 1.29 is 0 Å². The minimum absolute atomic E-state index is 0.304. The van der Waals surface area contributed by atoms with Gasteiger partial charge in [-0.25, -0.2) is 4.99 Å². The highest BCUT2D eigenvalue weighted by Gasteiger charge is 2.11. The summed E-state index contributed by atoms with van der Waals surface area (Å²) in [6, 6.07) is 8.45. The smallest absolute Gasteiger partial charge is 0.155 e. The van der Waals surface area contributed by atoms with Gasteiger partial charge in [0.25, 0.3) is 0 Å². The highest BCUT2D eigenvalue weighted by atomic mass is 14.9. The van der Waals surface area contributed by atoms with E-state index in [1.807, 2.05) is 18.3 Å². The van der Waals surface area contributed by atoms with E-state index in [-0.39, 0.29) is 0 Å². The highest BCUT2D eigenvalue weighted by molar-refractivity contribution is 6.15. The van der Waals surface area contributed by atoms with Gasteiger partial charge < -0.3 is 0 Å². The summed E-state index contributed by atoms with van der Waals surface area (Å²) in [5, 5.41) is 0. The molecule has 2 heteroatoms. The molecule has 66 valence electrons. The van der Waals surface area contributed by atoms with E-state index < -0.39 is 0 Å². The maximum atomic E-state index is 4.44. The number of benzene rings is 1. The molecule has 1 aromatic carbocycles. The van der Waals surface area contributed by atoms with E-state index >= 15 is 0 Å². The van der Waals surface area contributed by atoms with Crippen LogP contribution in [0.5, 0.6) is 0 Å². The first-order valence-corrected chi connectivity index (χ1v) is 4.48. The second-order valence-corrected chi connectivity index (χ2v) is 3.39. The van der Waals surface area contributed by atoms with Gasteiger partial charge >= 0.3 is 0 Å². The topological polar surface area (TPSA) is 24.7 Å². The molecule has 1 aliphatic rings. The van der Waals surface area contributed by atoms with Crippen LogP contribution in [-0.2, 0) is 0 Å². The number of rotatable bonds is 1. The SMILES string of the molecule is CC(C)N=C1N=Cc2ccccc21. The van der Waals surface area contributed by atoms with Crippen molar-refractivity contribution in [1.82, 2.24) is 0 Å². The molecule has 13 heavy (non-hydrogen) atoms. The molecule has 0 aromatic heterocycles. The van der Waals surface area contributed by atoms with Crippen molar-refractivity contribution in [1.29, 1.82) is 0 Å². The van der Waals surface area contributed by atoms with Crippen LogP contribution in [0.3, 0.4) is 0 Å². The predicted octanol–water partition coefficient (Wildman–Crippen LogP) is 2.27. The van der Waals surface area contributed by atoms with Crippen molar-refractivity contribution in [2.75, 3.05) is 0 Å². The quantitative estimate of drug-likeness (QED) is 0.621. The fourth-order valence-corrected chi connectivity index (χ4v) is 1.36. The average Bonchev–Trinajstić information content (AvgIpc) is 2.48. The van der Waals surface area contributed by atoms with Crippen LogP contribution in [0.1, 0.15) is 25.0 Å². The van der Waals surface area contributed by atoms with Gasteiger partial charge in [-0.05, 0) is 13.8 Å². The zero-order valence-corrected chi connectivity index (χ0v) is 7.86. The minimum Gasteiger partial charge on any atom is -0.263 e. The molecule has 0 radical (unpaired) electrons. The molecular formula is C11H12N2. The Morgan fingerprint density at radius 2 is 2.00 bits per heavy atom. The second kappa shape index (κ2) is 3.13. The molecule has 0 fully saturated rings. The lowest BCUT2D eigenvalue weighted by atomic mass is 10.1. The Bertz CT molecular complexity index is 375. The van der Waals surface area contributed by atoms with Crippen molar-refractivity contribution in [2.45, 2.75) is 19.9 Å². The van der Waals surface area contributed by atoms with Crippen LogP contribution in [0, 0.1) is 0 Å². The summed E-state index contributed by atoms with van der Waals surface area (Å²) in [5.41, 5.74) is 2.32. The minimum atomic E-state index is 0.304. The molecule has 0 aliphatic carbocycles. The maximum Gasteiger partial charge on any atom is 0.155 e. The summed E-state index contributed by atoms with van der Waals surface area (Å²) in [6.45, 7) is 4.12. The highest BCUT2D eigenvalue weighted by Crippen LogP contribution is 2.15. The maximum absolute atomic E-state index is 4.44. The first-order valence-electron chi connectivity index (χ1n) is 4.48. The van der Waals surface area contributed by atoms with Crippen LogP contribution in [0.4, 0.5) is 0 Å². The molecule has 0 spiro atoms. The normalized spacial score (nSPS) is 17.0. The molecule has 0 N–H and O–H groups in total. The monoisotopic (exact) mass is 172 g/mol. The fraction of sp³-hybridized carbons (Fsp3) is 0.273. The van der Waals surface area contributed by atoms with Crippen LogP contribution in [0.25, 0.3) is 0 Å². The van der Waals surface area contributed by atoms with E-state index in [0.717, 1.165) is 11.4 Å². The van der Waals surface area contributed by atoms with Crippen LogP contribution in [-0.4, -0.2) is 18.1 Å². The number of hydrogen-bond donors (Lipinski definition) is 0. The number of fused-ring (bicyclic) bond motifs is 1. The number of nitrogens with zero attached hydrogens (tertiary/aromatic N) is 2. The van der Waals surface area contributed by atoms with Crippen molar-refractivity contribution in [3.63, 3.8) is 0 Å². The Balaban J connectivity index is 2.44. The average molecular weight is 172 g/mol. The first-order chi connectivity index (χ1) is 6.27. The van der Waals surface area contributed by atoms with E-state index in [0.29, 0.717) is 6.04 Å². The van der Waals surface area contributed by atoms with Crippen molar-refractivity contribution in [3.8, 4) is 0 Å². The van der Waals surface area contributed by atoms with Crippen molar-refractivity contribution in [2.24, 2.45) is 9.98 Å². The third kappa shape index (κ3) is 1.52. The molecule has 0 saturated heterocycles. The van der Waals surface area contributed by atoms with E-state index in [1.54, 1.807) is 0 Å². The number of aliphatic imine (C=N–C) groups is 2. The molecule has 0 bridgehead atoms. The molecule has 0 atom stereocenters. The standard InChI is InChI=1S/C11H12N2/c1-8(2)13-11-10-6-4-3-5-9(10)7-12-11/h3-8H,1-2H3. The van der Waals surface area contributed by atoms with Gasteiger partial charge in [0.2, 0.25) is 0 Å². The molecule has 1 aliphatic heterocycles. The van der Waals surface area contributed by atoms with Crippen LogP contribution >= 0.6 is 0 Å². The lowest BCUT2D eigenvalue weighted by Gasteiger charge is -2.00. The van der Waals surface area contributed by atoms with Gasteiger partial charge in [0.15, 0.2) is 5.84 Å². The molecule has 2 nitrogen and oxygen atoms in total. The fourth-order valence-electron chi connectivity index (χ4n) is 1.36. The van der Waals surface area contributed by atoms with Crippen molar-refractivity contribution >= 4 is 12.1 Å². The predicted molar refractivity (Wildman–Crippen MR) is 55.7 cm³/mol.